The summed E-state index contributed by atoms with van der Waals surface area (Å²) in [5, 5.41) is 1.68. The lowest BCUT2D eigenvalue weighted by molar-refractivity contribution is -0.119. The third-order valence-electron chi connectivity index (χ3n) is 3.10. The van der Waals surface area contributed by atoms with E-state index in [0.29, 0.717) is 0 Å². The van der Waals surface area contributed by atoms with E-state index in [1.807, 2.05) is 0 Å². The number of hydrogen-bond donors (Lipinski definition) is 1. The number of halogens is 1. The second-order valence-corrected chi connectivity index (χ2v) is 5.20. The van der Waals surface area contributed by atoms with Gasteiger partial charge in [0, 0.05) is 12.6 Å². The Kier molecular flexibility index (Phi) is 5.75. The zero-order chi connectivity index (χ0) is 12.8. The number of nitrogens with zero attached hydrogens (tertiary/aromatic N) is 1. The summed E-state index contributed by atoms with van der Waals surface area (Å²) in [4.78, 5) is 25.1. The zero-order valence-electron chi connectivity index (χ0n) is 10.5. The van der Waals surface area contributed by atoms with Gasteiger partial charge in [-0.05, 0) is 32.6 Å². The van der Waals surface area contributed by atoms with Gasteiger partial charge in [0.15, 0.2) is 0 Å². The highest BCUT2D eigenvalue weighted by Crippen LogP contribution is 2.20. The number of carbonyl (C=O) groups excluding carboxylic acids is 2. The van der Waals surface area contributed by atoms with Crippen LogP contribution in [0.15, 0.2) is 0 Å². The van der Waals surface area contributed by atoms with Crippen LogP contribution in [0.1, 0.15) is 46.0 Å². The first-order chi connectivity index (χ1) is 8.06. The molecule has 1 rings (SSSR count). The van der Waals surface area contributed by atoms with Crippen molar-refractivity contribution in [3.8, 4) is 0 Å². The van der Waals surface area contributed by atoms with Crippen molar-refractivity contribution in [2.45, 2.75) is 57.4 Å². The molecule has 98 valence electrons. The molecule has 1 N–H and O–H groups in total. The van der Waals surface area contributed by atoms with E-state index in [-0.39, 0.29) is 12.1 Å². The topological polar surface area (TPSA) is 49.4 Å². The summed E-state index contributed by atoms with van der Waals surface area (Å²) < 4.78 is 0. The molecule has 0 aromatic carbocycles. The van der Waals surface area contributed by atoms with E-state index in [1.54, 1.807) is 11.8 Å². The van der Waals surface area contributed by atoms with Crippen LogP contribution in [0.25, 0.3) is 0 Å². The Labute approximate surface area is 108 Å². The summed E-state index contributed by atoms with van der Waals surface area (Å²) >= 11 is 5.63. The standard InChI is InChI=1S/C12H21ClN2O2/c1-3-6-10-7-4-5-8-15(10)12(17)14-11(16)9(2)13/h9-10H,3-8H2,1-2H3,(H,14,16,17). The molecular formula is C12H21ClN2O2. The lowest BCUT2D eigenvalue weighted by Crippen LogP contribution is -2.51. The molecular weight excluding hydrogens is 240 g/mol. The Morgan fingerprint density at radius 1 is 1.47 bits per heavy atom. The molecule has 1 saturated heterocycles. The molecule has 17 heavy (non-hydrogen) atoms. The SMILES string of the molecule is CCCC1CCCCN1C(=O)NC(=O)C(C)Cl. The number of alkyl halides is 1. The summed E-state index contributed by atoms with van der Waals surface area (Å²) in [5.74, 6) is -0.419. The van der Waals surface area contributed by atoms with Gasteiger partial charge in [0.25, 0.3) is 0 Å². The fourth-order valence-corrected chi connectivity index (χ4v) is 2.23. The van der Waals surface area contributed by atoms with Crippen LogP contribution in [-0.2, 0) is 4.79 Å². The van der Waals surface area contributed by atoms with Gasteiger partial charge >= 0.3 is 6.03 Å². The maximum Gasteiger partial charge on any atom is 0.324 e. The molecule has 1 fully saturated rings. The Hall–Kier alpha value is -0.770. The normalized spacial score (nSPS) is 22.1. The third kappa shape index (κ3) is 4.19. The van der Waals surface area contributed by atoms with Crippen molar-refractivity contribution in [2.75, 3.05) is 6.54 Å². The van der Waals surface area contributed by atoms with Gasteiger partial charge < -0.3 is 4.90 Å². The fraction of sp³-hybridized carbons (Fsp3) is 0.833. The fourth-order valence-electron chi connectivity index (χ4n) is 2.18. The molecule has 2 unspecified atom stereocenters. The molecule has 0 radical (unpaired) electrons. The van der Waals surface area contributed by atoms with Crippen LogP contribution in [0.2, 0.25) is 0 Å². The number of amides is 3. The van der Waals surface area contributed by atoms with Gasteiger partial charge in [-0.15, -0.1) is 11.6 Å². The largest absolute Gasteiger partial charge is 0.324 e. The van der Waals surface area contributed by atoms with Gasteiger partial charge in [-0.25, -0.2) is 4.79 Å². The van der Waals surface area contributed by atoms with Crippen LogP contribution in [0.4, 0.5) is 4.79 Å². The highest BCUT2D eigenvalue weighted by atomic mass is 35.5. The van der Waals surface area contributed by atoms with E-state index in [1.165, 1.54) is 0 Å². The maximum atomic E-state index is 11.9. The molecule has 0 saturated carbocycles. The first kappa shape index (κ1) is 14.3. The number of piperidine rings is 1. The number of nitrogens with one attached hydrogen (secondary N) is 1. The number of rotatable bonds is 3. The number of likely N-dealkylation sites (tertiary alicyclic amines) is 1. The lowest BCUT2D eigenvalue weighted by atomic mass is 9.99. The summed E-state index contributed by atoms with van der Waals surface area (Å²) in [6, 6.07) is -0.0205. The minimum Gasteiger partial charge on any atom is -0.321 e. The van der Waals surface area contributed by atoms with Gasteiger partial charge in [-0.2, -0.15) is 0 Å². The molecule has 0 aromatic rings. The van der Waals surface area contributed by atoms with Crippen molar-refractivity contribution in [1.29, 1.82) is 0 Å². The van der Waals surface area contributed by atoms with E-state index in [4.69, 9.17) is 11.6 Å². The summed E-state index contributed by atoms with van der Waals surface area (Å²) in [6.45, 7) is 4.40. The van der Waals surface area contributed by atoms with Crippen LogP contribution in [0.5, 0.6) is 0 Å². The first-order valence-corrected chi connectivity index (χ1v) is 6.75. The van der Waals surface area contributed by atoms with Crippen molar-refractivity contribution in [3.05, 3.63) is 0 Å². The first-order valence-electron chi connectivity index (χ1n) is 6.31. The number of urea groups is 1. The number of hydrogen-bond acceptors (Lipinski definition) is 2. The maximum absolute atomic E-state index is 11.9. The second-order valence-electron chi connectivity index (χ2n) is 4.54. The predicted octanol–water partition coefficient (Wildman–Crippen LogP) is 2.50. The number of carbonyl (C=O) groups is 2. The van der Waals surface area contributed by atoms with E-state index in [9.17, 15) is 9.59 Å². The van der Waals surface area contributed by atoms with Crippen LogP contribution < -0.4 is 5.32 Å². The predicted molar refractivity (Wildman–Crippen MR) is 68.1 cm³/mol. The van der Waals surface area contributed by atoms with Gasteiger partial charge in [-0.3, -0.25) is 10.1 Å². The monoisotopic (exact) mass is 260 g/mol. The highest BCUT2D eigenvalue weighted by Gasteiger charge is 2.27. The molecule has 3 amide bonds. The minimum absolute atomic E-state index is 0.271. The average Bonchev–Trinajstić information content (AvgIpc) is 2.29. The Balaban J connectivity index is 2.55. The van der Waals surface area contributed by atoms with Crippen molar-refractivity contribution >= 4 is 23.5 Å². The van der Waals surface area contributed by atoms with Crippen molar-refractivity contribution in [3.63, 3.8) is 0 Å². The van der Waals surface area contributed by atoms with Gasteiger partial charge in [0.05, 0.1) is 0 Å². The average molecular weight is 261 g/mol. The number of imide groups is 1. The molecule has 0 spiro atoms. The third-order valence-corrected chi connectivity index (χ3v) is 3.30. The van der Waals surface area contributed by atoms with E-state index in [2.05, 4.69) is 12.2 Å². The molecule has 1 heterocycles. The molecule has 0 bridgehead atoms. The Morgan fingerprint density at radius 3 is 2.76 bits per heavy atom. The van der Waals surface area contributed by atoms with Crippen LogP contribution in [0, 0.1) is 0 Å². The molecule has 0 aliphatic carbocycles. The van der Waals surface area contributed by atoms with Crippen molar-refractivity contribution in [1.82, 2.24) is 10.2 Å². The molecule has 2 atom stereocenters. The molecule has 1 aliphatic heterocycles. The van der Waals surface area contributed by atoms with Gasteiger partial charge in [0.2, 0.25) is 5.91 Å². The quantitative estimate of drug-likeness (QED) is 0.793. The van der Waals surface area contributed by atoms with Gasteiger partial charge in [-0.1, -0.05) is 13.3 Å². The Morgan fingerprint density at radius 2 is 2.18 bits per heavy atom. The highest BCUT2D eigenvalue weighted by molar-refractivity contribution is 6.31. The summed E-state index contributed by atoms with van der Waals surface area (Å²) in [6.07, 6.45) is 5.25. The molecule has 5 heteroatoms. The second kappa shape index (κ2) is 6.84. The van der Waals surface area contributed by atoms with Crippen molar-refractivity contribution < 1.29 is 9.59 Å². The van der Waals surface area contributed by atoms with E-state index >= 15 is 0 Å². The van der Waals surface area contributed by atoms with Crippen molar-refractivity contribution in [2.24, 2.45) is 0 Å². The minimum atomic E-state index is -0.673. The van der Waals surface area contributed by atoms with Crippen LogP contribution >= 0.6 is 11.6 Å². The lowest BCUT2D eigenvalue weighted by Gasteiger charge is -2.35. The van der Waals surface area contributed by atoms with E-state index < -0.39 is 11.3 Å². The summed E-state index contributed by atoms with van der Waals surface area (Å²) in [5.41, 5.74) is 0. The van der Waals surface area contributed by atoms with Gasteiger partial charge in [0.1, 0.15) is 5.38 Å². The molecule has 1 aliphatic rings. The van der Waals surface area contributed by atoms with Crippen LogP contribution in [-0.4, -0.2) is 34.8 Å². The summed E-state index contributed by atoms with van der Waals surface area (Å²) in [7, 11) is 0. The molecule has 4 nitrogen and oxygen atoms in total. The van der Waals surface area contributed by atoms with E-state index in [0.717, 1.165) is 38.6 Å². The smallest absolute Gasteiger partial charge is 0.321 e. The van der Waals surface area contributed by atoms with Crippen LogP contribution in [0.3, 0.4) is 0 Å². The zero-order valence-corrected chi connectivity index (χ0v) is 11.3. The molecule has 0 aromatic heterocycles. The Bertz CT molecular complexity index is 280.